The first kappa shape index (κ1) is 20.6. The summed E-state index contributed by atoms with van der Waals surface area (Å²) in [6.45, 7) is 0.424. The van der Waals surface area contributed by atoms with Crippen LogP contribution in [0.5, 0.6) is 23.0 Å². The molecular weight excluding hydrogens is 426 g/mol. The fourth-order valence-corrected chi connectivity index (χ4v) is 3.90. The van der Waals surface area contributed by atoms with Crippen LogP contribution in [-0.2, 0) is 13.1 Å². The standard InChI is InChI=1S/C24H21N3O6/c1-30-17-8-16(9-18(11-17)31-2)13-26-19-4-3-7-25-22(19)23(28)27(24(26)29)12-15-5-6-20-21(10-15)33-14-32-20/h3-11H,12-14H2,1-2H3. The van der Waals surface area contributed by atoms with E-state index < -0.39 is 11.2 Å². The summed E-state index contributed by atoms with van der Waals surface area (Å²) in [5.74, 6) is 2.43. The van der Waals surface area contributed by atoms with Crippen molar-refractivity contribution in [3.8, 4) is 23.0 Å². The van der Waals surface area contributed by atoms with E-state index in [0.29, 0.717) is 28.5 Å². The molecule has 0 aliphatic carbocycles. The molecule has 0 atom stereocenters. The second-order valence-corrected chi connectivity index (χ2v) is 7.54. The highest BCUT2D eigenvalue weighted by Crippen LogP contribution is 2.32. The highest BCUT2D eigenvalue weighted by Gasteiger charge is 2.18. The molecule has 0 saturated heterocycles. The smallest absolute Gasteiger partial charge is 0.332 e. The minimum atomic E-state index is -0.451. The number of aromatic nitrogens is 3. The van der Waals surface area contributed by atoms with Crippen molar-refractivity contribution in [2.75, 3.05) is 21.0 Å². The highest BCUT2D eigenvalue weighted by atomic mass is 16.7. The molecule has 9 heteroatoms. The molecule has 2 aromatic carbocycles. The van der Waals surface area contributed by atoms with E-state index in [1.807, 2.05) is 12.1 Å². The number of fused-ring (bicyclic) bond motifs is 2. The van der Waals surface area contributed by atoms with Gasteiger partial charge in [0.15, 0.2) is 17.0 Å². The summed E-state index contributed by atoms with van der Waals surface area (Å²) in [5, 5.41) is 0. The van der Waals surface area contributed by atoms with Crippen LogP contribution in [0, 0.1) is 0 Å². The van der Waals surface area contributed by atoms with Crippen molar-refractivity contribution in [1.82, 2.24) is 14.1 Å². The Labute approximate surface area is 188 Å². The molecule has 0 amide bonds. The van der Waals surface area contributed by atoms with Gasteiger partial charge in [-0.25, -0.2) is 9.78 Å². The average Bonchev–Trinajstić information content (AvgIpc) is 3.32. The minimum absolute atomic E-state index is 0.0717. The summed E-state index contributed by atoms with van der Waals surface area (Å²) < 4.78 is 24.2. The second kappa shape index (κ2) is 8.34. The predicted molar refractivity (Wildman–Crippen MR) is 121 cm³/mol. The molecule has 0 fully saturated rings. The third kappa shape index (κ3) is 3.78. The molecule has 0 unspecified atom stereocenters. The Balaban J connectivity index is 1.63. The van der Waals surface area contributed by atoms with Crippen LogP contribution in [0.25, 0.3) is 11.0 Å². The van der Waals surface area contributed by atoms with Crippen LogP contribution in [-0.4, -0.2) is 35.1 Å². The third-order valence-electron chi connectivity index (χ3n) is 5.52. The Morgan fingerprint density at radius 1 is 0.879 bits per heavy atom. The van der Waals surface area contributed by atoms with Crippen molar-refractivity contribution in [3.63, 3.8) is 0 Å². The number of hydrogen-bond acceptors (Lipinski definition) is 7. The zero-order valence-electron chi connectivity index (χ0n) is 18.1. The lowest BCUT2D eigenvalue weighted by atomic mass is 10.2. The van der Waals surface area contributed by atoms with E-state index in [4.69, 9.17) is 18.9 Å². The molecule has 3 heterocycles. The van der Waals surface area contributed by atoms with Gasteiger partial charge in [-0.2, -0.15) is 0 Å². The van der Waals surface area contributed by atoms with Crippen molar-refractivity contribution in [3.05, 3.63) is 86.7 Å². The summed E-state index contributed by atoms with van der Waals surface area (Å²) in [6, 6.07) is 14.2. The Morgan fingerprint density at radius 2 is 1.61 bits per heavy atom. The van der Waals surface area contributed by atoms with E-state index in [-0.39, 0.29) is 25.4 Å². The van der Waals surface area contributed by atoms with Gasteiger partial charge in [-0.1, -0.05) is 6.07 Å². The van der Waals surface area contributed by atoms with Crippen molar-refractivity contribution < 1.29 is 18.9 Å². The number of pyridine rings is 1. The lowest BCUT2D eigenvalue weighted by Crippen LogP contribution is -2.40. The first-order valence-electron chi connectivity index (χ1n) is 10.3. The molecule has 0 spiro atoms. The molecular formula is C24H21N3O6. The Morgan fingerprint density at radius 3 is 2.36 bits per heavy atom. The highest BCUT2D eigenvalue weighted by molar-refractivity contribution is 5.73. The first-order chi connectivity index (χ1) is 16.1. The van der Waals surface area contributed by atoms with Gasteiger partial charge in [-0.3, -0.25) is 13.9 Å². The molecule has 33 heavy (non-hydrogen) atoms. The van der Waals surface area contributed by atoms with Gasteiger partial charge in [0.05, 0.1) is 32.8 Å². The molecule has 2 aromatic heterocycles. The Hall–Kier alpha value is -4.27. The Kier molecular flexibility index (Phi) is 5.21. The first-order valence-corrected chi connectivity index (χ1v) is 10.3. The van der Waals surface area contributed by atoms with Crippen molar-refractivity contribution in [2.45, 2.75) is 13.1 Å². The molecule has 0 radical (unpaired) electrons. The predicted octanol–water partition coefficient (Wildman–Crippen LogP) is 2.40. The SMILES string of the molecule is COc1cc(Cn2c(=O)n(Cc3ccc4c(c3)OCO4)c(=O)c3ncccc32)cc(OC)c1. The molecule has 0 bridgehead atoms. The largest absolute Gasteiger partial charge is 0.497 e. The number of methoxy groups -OCH3 is 2. The van der Waals surface area contributed by atoms with Crippen LogP contribution in [0.1, 0.15) is 11.1 Å². The molecule has 9 nitrogen and oxygen atoms in total. The summed E-state index contributed by atoms with van der Waals surface area (Å²) in [4.78, 5) is 31.0. The van der Waals surface area contributed by atoms with Gasteiger partial charge in [0.2, 0.25) is 6.79 Å². The van der Waals surface area contributed by atoms with Crippen LogP contribution in [0.15, 0.2) is 64.3 Å². The Bertz CT molecular complexity index is 1450. The zero-order chi connectivity index (χ0) is 22.9. The maximum Gasteiger partial charge on any atom is 0.332 e. The molecule has 4 aromatic rings. The summed E-state index contributed by atoms with van der Waals surface area (Å²) in [5.41, 5.74) is 1.30. The number of ether oxygens (including phenoxy) is 4. The van der Waals surface area contributed by atoms with Gasteiger partial charge in [0.25, 0.3) is 5.56 Å². The summed E-state index contributed by atoms with van der Waals surface area (Å²) >= 11 is 0. The van der Waals surface area contributed by atoms with Gasteiger partial charge >= 0.3 is 5.69 Å². The van der Waals surface area contributed by atoms with Crippen molar-refractivity contribution in [1.29, 1.82) is 0 Å². The fraction of sp³-hybridized carbons (Fsp3) is 0.208. The topological polar surface area (TPSA) is 93.8 Å². The van der Waals surface area contributed by atoms with E-state index >= 15 is 0 Å². The number of benzene rings is 2. The van der Waals surface area contributed by atoms with Gasteiger partial charge in [0.1, 0.15) is 11.5 Å². The van der Waals surface area contributed by atoms with Crippen LogP contribution in [0.4, 0.5) is 0 Å². The van der Waals surface area contributed by atoms with E-state index in [2.05, 4.69) is 4.98 Å². The quantitative estimate of drug-likeness (QED) is 0.448. The summed E-state index contributed by atoms with van der Waals surface area (Å²) in [7, 11) is 3.13. The molecule has 168 valence electrons. The lowest BCUT2D eigenvalue weighted by Gasteiger charge is -2.15. The van der Waals surface area contributed by atoms with E-state index in [0.717, 1.165) is 11.1 Å². The van der Waals surface area contributed by atoms with Crippen LogP contribution in [0.2, 0.25) is 0 Å². The number of nitrogens with zero attached hydrogens (tertiary/aromatic N) is 3. The zero-order valence-corrected chi connectivity index (χ0v) is 18.1. The average molecular weight is 447 g/mol. The lowest BCUT2D eigenvalue weighted by molar-refractivity contribution is 0.174. The van der Waals surface area contributed by atoms with E-state index in [1.54, 1.807) is 50.6 Å². The van der Waals surface area contributed by atoms with Crippen LogP contribution < -0.4 is 30.2 Å². The van der Waals surface area contributed by atoms with Crippen LogP contribution in [0.3, 0.4) is 0 Å². The molecule has 1 aliphatic heterocycles. The maximum absolute atomic E-state index is 13.5. The van der Waals surface area contributed by atoms with Crippen molar-refractivity contribution in [2.24, 2.45) is 0 Å². The third-order valence-corrected chi connectivity index (χ3v) is 5.52. The van der Waals surface area contributed by atoms with E-state index in [9.17, 15) is 9.59 Å². The van der Waals surface area contributed by atoms with Gasteiger partial charge in [-0.05, 0) is 47.5 Å². The van der Waals surface area contributed by atoms with Crippen LogP contribution >= 0.6 is 0 Å². The molecule has 0 saturated carbocycles. The monoisotopic (exact) mass is 447 g/mol. The maximum atomic E-state index is 13.5. The second-order valence-electron chi connectivity index (χ2n) is 7.54. The van der Waals surface area contributed by atoms with Gasteiger partial charge < -0.3 is 18.9 Å². The molecule has 5 rings (SSSR count). The summed E-state index contributed by atoms with van der Waals surface area (Å²) in [6.07, 6.45) is 1.54. The fourth-order valence-electron chi connectivity index (χ4n) is 3.90. The van der Waals surface area contributed by atoms with E-state index in [1.165, 1.54) is 15.3 Å². The van der Waals surface area contributed by atoms with Crippen molar-refractivity contribution >= 4 is 11.0 Å². The van der Waals surface area contributed by atoms with Gasteiger partial charge in [0, 0.05) is 12.3 Å². The minimum Gasteiger partial charge on any atom is -0.497 e. The molecule has 1 aliphatic rings. The number of hydrogen-bond donors (Lipinski definition) is 0. The van der Waals surface area contributed by atoms with Gasteiger partial charge in [-0.15, -0.1) is 0 Å². The normalized spacial score (nSPS) is 12.2. The molecule has 0 N–H and O–H groups in total. The number of rotatable bonds is 6.